The van der Waals surface area contributed by atoms with Crippen molar-refractivity contribution in [2.45, 2.75) is 20.3 Å². The van der Waals surface area contributed by atoms with Gasteiger partial charge in [-0.2, -0.15) is 0 Å². The highest BCUT2D eigenvalue weighted by Crippen LogP contribution is 1.99. The lowest BCUT2D eigenvalue weighted by molar-refractivity contribution is -0.140. The summed E-state index contributed by atoms with van der Waals surface area (Å²) in [5, 5.41) is 7.42. The molecular weight excluding hydrogens is 208 g/mol. The minimum Gasteiger partial charge on any atom is -0.481 e. The third-order valence-corrected chi connectivity index (χ3v) is 1.54. The molecule has 88 valence electrons. The van der Waals surface area contributed by atoms with Gasteiger partial charge in [0.25, 0.3) is 5.97 Å². The predicted molar refractivity (Wildman–Crippen MR) is 60.1 cm³/mol. The molecule has 0 amide bonds. The molecule has 0 unspecified atom stereocenters. The van der Waals surface area contributed by atoms with E-state index in [0.29, 0.717) is 6.61 Å². The number of carboxylic acids is 1. The summed E-state index contributed by atoms with van der Waals surface area (Å²) in [6.45, 7) is 2.98. The van der Waals surface area contributed by atoms with Crippen molar-refractivity contribution in [3.8, 4) is 0 Å². The van der Waals surface area contributed by atoms with E-state index < -0.39 is 5.97 Å². The lowest BCUT2D eigenvalue weighted by Crippen LogP contribution is -2.02. The van der Waals surface area contributed by atoms with Gasteiger partial charge in [0.15, 0.2) is 0 Å². The second kappa shape index (κ2) is 8.47. The van der Waals surface area contributed by atoms with Gasteiger partial charge in [0.05, 0.1) is 6.61 Å². The van der Waals surface area contributed by atoms with Crippen molar-refractivity contribution in [3.63, 3.8) is 0 Å². The molecule has 0 atom stereocenters. The number of benzene rings is 1. The number of hydrogen-bond acceptors (Lipinski definition) is 3. The van der Waals surface area contributed by atoms with Crippen molar-refractivity contribution in [1.29, 1.82) is 0 Å². The van der Waals surface area contributed by atoms with Crippen molar-refractivity contribution in [1.82, 2.24) is 0 Å². The van der Waals surface area contributed by atoms with E-state index in [1.807, 2.05) is 30.3 Å². The Labute approximate surface area is 94.9 Å². The normalized spacial score (nSPS) is 8.62. The van der Waals surface area contributed by atoms with Crippen LogP contribution < -0.4 is 0 Å². The average molecular weight is 224 g/mol. The average Bonchev–Trinajstić information content (AvgIpc) is 2.18. The smallest absolute Gasteiger partial charge is 0.302 e. The minimum absolute atomic E-state index is 0.217. The molecule has 4 heteroatoms. The monoisotopic (exact) mass is 224 g/mol. The summed E-state index contributed by atoms with van der Waals surface area (Å²) in [5.74, 6) is -1.05. The van der Waals surface area contributed by atoms with Crippen molar-refractivity contribution in [3.05, 3.63) is 35.9 Å². The first-order valence-corrected chi connectivity index (χ1v) is 4.89. The summed E-state index contributed by atoms with van der Waals surface area (Å²) in [4.78, 5) is 19.4. The molecule has 0 aliphatic heterocycles. The van der Waals surface area contributed by atoms with E-state index in [4.69, 9.17) is 14.6 Å². The SMILES string of the molecule is CC(=O)O.CC(=O)OCCc1ccccc1. The first-order valence-electron chi connectivity index (χ1n) is 4.89. The van der Waals surface area contributed by atoms with Gasteiger partial charge >= 0.3 is 5.97 Å². The number of carbonyl (C=O) groups excluding carboxylic acids is 1. The number of rotatable bonds is 3. The molecule has 0 aliphatic rings. The minimum atomic E-state index is -0.833. The molecule has 0 saturated heterocycles. The Morgan fingerprint density at radius 3 is 2.12 bits per heavy atom. The quantitative estimate of drug-likeness (QED) is 0.796. The van der Waals surface area contributed by atoms with Crippen LogP contribution in [0.4, 0.5) is 0 Å². The van der Waals surface area contributed by atoms with E-state index in [2.05, 4.69) is 0 Å². The van der Waals surface area contributed by atoms with Crippen LogP contribution in [0.25, 0.3) is 0 Å². The maximum absolute atomic E-state index is 10.4. The second-order valence-electron chi connectivity index (χ2n) is 3.09. The van der Waals surface area contributed by atoms with Crippen LogP contribution in [0.1, 0.15) is 19.4 Å². The number of hydrogen-bond donors (Lipinski definition) is 1. The van der Waals surface area contributed by atoms with Gasteiger partial charge in [-0.25, -0.2) is 0 Å². The van der Waals surface area contributed by atoms with Gasteiger partial charge in [0, 0.05) is 20.3 Å². The fraction of sp³-hybridized carbons (Fsp3) is 0.333. The highest BCUT2D eigenvalue weighted by Gasteiger charge is 1.93. The molecule has 0 aliphatic carbocycles. The molecule has 0 heterocycles. The van der Waals surface area contributed by atoms with E-state index in [-0.39, 0.29) is 5.97 Å². The molecule has 1 aromatic carbocycles. The number of carboxylic acid groups (broad SMARTS) is 1. The third-order valence-electron chi connectivity index (χ3n) is 1.54. The molecule has 4 nitrogen and oxygen atoms in total. The Balaban J connectivity index is 0.000000487. The van der Waals surface area contributed by atoms with E-state index in [0.717, 1.165) is 13.3 Å². The Kier molecular flexibility index (Phi) is 7.49. The molecule has 1 aromatic rings. The van der Waals surface area contributed by atoms with Crippen LogP contribution in [0.5, 0.6) is 0 Å². The first kappa shape index (κ1) is 14.2. The van der Waals surface area contributed by atoms with Gasteiger partial charge in [-0.1, -0.05) is 30.3 Å². The molecule has 16 heavy (non-hydrogen) atoms. The first-order chi connectivity index (χ1) is 7.52. The van der Waals surface area contributed by atoms with Gasteiger partial charge in [0.1, 0.15) is 0 Å². The van der Waals surface area contributed by atoms with Gasteiger partial charge in [0.2, 0.25) is 0 Å². The molecule has 0 radical (unpaired) electrons. The number of ether oxygens (including phenoxy) is 1. The zero-order chi connectivity index (χ0) is 12.4. The van der Waals surface area contributed by atoms with Crippen molar-refractivity contribution < 1.29 is 19.4 Å². The van der Waals surface area contributed by atoms with Crippen LogP contribution in [0.2, 0.25) is 0 Å². The Morgan fingerprint density at radius 1 is 1.19 bits per heavy atom. The molecule has 1 N–H and O–H groups in total. The van der Waals surface area contributed by atoms with Crippen LogP contribution in [0, 0.1) is 0 Å². The fourth-order valence-electron chi connectivity index (χ4n) is 0.957. The van der Waals surface area contributed by atoms with Crippen LogP contribution in [-0.4, -0.2) is 23.7 Å². The second-order valence-corrected chi connectivity index (χ2v) is 3.09. The highest BCUT2D eigenvalue weighted by molar-refractivity contribution is 5.65. The zero-order valence-electron chi connectivity index (χ0n) is 9.47. The van der Waals surface area contributed by atoms with Crippen LogP contribution in [0.15, 0.2) is 30.3 Å². The van der Waals surface area contributed by atoms with Gasteiger partial charge in [-0.3, -0.25) is 9.59 Å². The summed E-state index contributed by atoms with van der Waals surface area (Å²) in [7, 11) is 0. The van der Waals surface area contributed by atoms with Crippen LogP contribution >= 0.6 is 0 Å². The molecule has 0 saturated carbocycles. The lowest BCUT2D eigenvalue weighted by atomic mass is 10.2. The molecule has 0 bridgehead atoms. The van der Waals surface area contributed by atoms with E-state index in [1.54, 1.807) is 0 Å². The van der Waals surface area contributed by atoms with E-state index in [1.165, 1.54) is 12.5 Å². The van der Waals surface area contributed by atoms with Gasteiger partial charge < -0.3 is 9.84 Å². The highest BCUT2D eigenvalue weighted by atomic mass is 16.5. The summed E-state index contributed by atoms with van der Waals surface area (Å²) in [6, 6.07) is 9.95. The summed E-state index contributed by atoms with van der Waals surface area (Å²) in [6.07, 6.45) is 0.792. The standard InChI is InChI=1S/C10H12O2.C2H4O2/c1-9(11)12-8-7-10-5-3-2-4-6-10;1-2(3)4/h2-6H,7-8H2,1H3;1H3,(H,3,4). The van der Waals surface area contributed by atoms with E-state index in [9.17, 15) is 4.79 Å². The van der Waals surface area contributed by atoms with E-state index >= 15 is 0 Å². The third kappa shape index (κ3) is 10.2. The van der Waals surface area contributed by atoms with Crippen molar-refractivity contribution >= 4 is 11.9 Å². The van der Waals surface area contributed by atoms with Crippen LogP contribution in [0.3, 0.4) is 0 Å². The molecule has 1 rings (SSSR count). The number of carbonyl (C=O) groups is 2. The summed E-state index contributed by atoms with van der Waals surface area (Å²) >= 11 is 0. The van der Waals surface area contributed by atoms with Gasteiger partial charge in [-0.15, -0.1) is 0 Å². The molecule has 0 spiro atoms. The maximum Gasteiger partial charge on any atom is 0.302 e. The zero-order valence-corrected chi connectivity index (χ0v) is 9.47. The molecule has 0 aromatic heterocycles. The number of aliphatic carboxylic acids is 1. The maximum atomic E-state index is 10.4. The molecular formula is C12H16O4. The topological polar surface area (TPSA) is 63.6 Å². The Bertz CT molecular complexity index is 315. The summed E-state index contributed by atoms with van der Waals surface area (Å²) in [5.41, 5.74) is 1.19. The Hall–Kier alpha value is -1.84. The Morgan fingerprint density at radius 2 is 1.69 bits per heavy atom. The molecule has 0 fully saturated rings. The summed E-state index contributed by atoms with van der Waals surface area (Å²) < 4.78 is 4.81. The van der Waals surface area contributed by atoms with Crippen LogP contribution in [-0.2, 0) is 20.7 Å². The fourth-order valence-corrected chi connectivity index (χ4v) is 0.957. The lowest BCUT2D eigenvalue weighted by Gasteiger charge is -2.00. The predicted octanol–water partition coefficient (Wildman–Crippen LogP) is 1.88. The van der Waals surface area contributed by atoms with Gasteiger partial charge in [-0.05, 0) is 5.56 Å². The van der Waals surface area contributed by atoms with Crippen molar-refractivity contribution in [2.75, 3.05) is 6.61 Å². The largest absolute Gasteiger partial charge is 0.481 e. The number of esters is 1. The van der Waals surface area contributed by atoms with Crippen molar-refractivity contribution in [2.24, 2.45) is 0 Å².